The molecule has 0 spiro atoms. The number of aliphatic imine (C=N–C) groups is 1. The maximum atomic E-state index is 5.19. The predicted molar refractivity (Wildman–Crippen MR) is 133 cm³/mol. The van der Waals surface area contributed by atoms with E-state index in [1.165, 1.54) is 16.7 Å². The molecule has 6 heteroatoms. The molecule has 160 valence electrons. The number of nitrogens with zero attached hydrogens (tertiary/aromatic N) is 2. The summed E-state index contributed by atoms with van der Waals surface area (Å²) < 4.78 is 5.19. The van der Waals surface area contributed by atoms with Crippen molar-refractivity contribution in [2.45, 2.75) is 33.4 Å². The Hall–Kier alpha value is -1.80. The highest BCUT2D eigenvalue weighted by atomic mass is 127. The van der Waals surface area contributed by atoms with E-state index < -0.39 is 0 Å². The van der Waals surface area contributed by atoms with E-state index >= 15 is 0 Å². The minimum Gasteiger partial charge on any atom is -0.497 e. The molecule has 0 bridgehead atoms. The van der Waals surface area contributed by atoms with Crippen LogP contribution in [0.25, 0.3) is 0 Å². The second kappa shape index (κ2) is 14.2. The second-order valence-electron chi connectivity index (χ2n) is 6.73. The zero-order chi connectivity index (χ0) is 20.2. The summed E-state index contributed by atoms with van der Waals surface area (Å²) in [5, 5.41) is 6.75. The zero-order valence-corrected chi connectivity index (χ0v) is 20.4. The normalized spacial score (nSPS) is 11.1. The Morgan fingerprint density at radius 3 is 2.03 bits per heavy atom. The number of guanidine groups is 1. The van der Waals surface area contributed by atoms with Crippen molar-refractivity contribution in [3.63, 3.8) is 0 Å². The van der Waals surface area contributed by atoms with Gasteiger partial charge in [-0.25, -0.2) is 0 Å². The van der Waals surface area contributed by atoms with Crippen LogP contribution in [0.2, 0.25) is 0 Å². The summed E-state index contributed by atoms with van der Waals surface area (Å²) in [5.74, 6) is 1.71. The van der Waals surface area contributed by atoms with Gasteiger partial charge in [-0.15, -0.1) is 24.0 Å². The quantitative estimate of drug-likeness (QED) is 0.288. The highest BCUT2D eigenvalue weighted by Gasteiger charge is 2.02. The van der Waals surface area contributed by atoms with Crippen LogP contribution in [0.3, 0.4) is 0 Å². The summed E-state index contributed by atoms with van der Waals surface area (Å²) in [7, 11) is 3.49. The van der Waals surface area contributed by atoms with Crippen molar-refractivity contribution in [1.29, 1.82) is 0 Å². The average Bonchev–Trinajstić information content (AvgIpc) is 2.75. The van der Waals surface area contributed by atoms with Crippen molar-refractivity contribution in [3.05, 3.63) is 65.2 Å². The lowest BCUT2D eigenvalue weighted by atomic mass is 10.1. The van der Waals surface area contributed by atoms with Crippen LogP contribution in [0.5, 0.6) is 5.75 Å². The van der Waals surface area contributed by atoms with Gasteiger partial charge in [-0.05, 0) is 48.3 Å². The lowest BCUT2D eigenvalue weighted by Gasteiger charge is -2.18. The Morgan fingerprint density at radius 2 is 1.48 bits per heavy atom. The summed E-state index contributed by atoms with van der Waals surface area (Å²) in [6.07, 6.45) is 0.935. The van der Waals surface area contributed by atoms with Gasteiger partial charge in [-0.3, -0.25) is 9.89 Å². The number of benzene rings is 2. The molecule has 2 N–H and O–H groups in total. The fourth-order valence-corrected chi connectivity index (χ4v) is 2.99. The molecule has 0 aliphatic heterocycles. The van der Waals surface area contributed by atoms with Crippen LogP contribution in [0, 0.1) is 0 Å². The Kier molecular flexibility index (Phi) is 12.4. The minimum absolute atomic E-state index is 0. The van der Waals surface area contributed by atoms with Crippen LogP contribution in [0.4, 0.5) is 0 Å². The fourth-order valence-electron chi connectivity index (χ4n) is 2.99. The largest absolute Gasteiger partial charge is 0.497 e. The third-order valence-electron chi connectivity index (χ3n) is 4.87. The molecule has 2 aromatic rings. The standard InChI is InChI=1S/C23H34N4O.HI/c1-5-27(6-2)18-21-9-7-20(8-10-21)17-26-23(24-3)25-16-15-19-11-13-22(28-4)14-12-19;/h7-14H,5-6,15-18H2,1-4H3,(H2,24,25,26);1H. The molecule has 0 radical (unpaired) electrons. The van der Waals surface area contributed by atoms with Gasteiger partial charge >= 0.3 is 0 Å². The van der Waals surface area contributed by atoms with Gasteiger partial charge < -0.3 is 15.4 Å². The Balaban J connectivity index is 0.00000420. The molecule has 0 saturated carbocycles. The molecule has 0 fully saturated rings. The van der Waals surface area contributed by atoms with E-state index in [4.69, 9.17) is 4.74 Å². The predicted octanol–water partition coefficient (Wildman–Crippen LogP) is 4.06. The van der Waals surface area contributed by atoms with Crippen LogP contribution >= 0.6 is 24.0 Å². The lowest BCUT2D eigenvalue weighted by molar-refractivity contribution is 0.296. The third-order valence-corrected chi connectivity index (χ3v) is 4.87. The van der Waals surface area contributed by atoms with Gasteiger partial charge in [0.05, 0.1) is 7.11 Å². The van der Waals surface area contributed by atoms with E-state index in [1.54, 1.807) is 14.2 Å². The number of rotatable bonds is 10. The smallest absolute Gasteiger partial charge is 0.191 e. The van der Waals surface area contributed by atoms with Crippen LogP contribution < -0.4 is 15.4 Å². The van der Waals surface area contributed by atoms with Gasteiger partial charge in [0.15, 0.2) is 5.96 Å². The molecule has 5 nitrogen and oxygen atoms in total. The van der Waals surface area contributed by atoms with Gasteiger partial charge in [-0.1, -0.05) is 50.2 Å². The van der Waals surface area contributed by atoms with Gasteiger partial charge in [0, 0.05) is 26.7 Å². The molecule has 0 heterocycles. The molecule has 29 heavy (non-hydrogen) atoms. The van der Waals surface area contributed by atoms with Crippen LogP contribution in [-0.4, -0.2) is 44.7 Å². The summed E-state index contributed by atoms with van der Waals surface area (Å²) in [6, 6.07) is 17.0. The summed E-state index contributed by atoms with van der Waals surface area (Å²) in [6.45, 7) is 9.17. The SMILES string of the molecule is CCN(CC)Cc1ccc(CNC(=NC)NCCc2ccc(OC)cc2)cc1.I. The van der Waals surface area contributed by atoms with Crippen molar-refractivity contribution < 1.29 is 4.74 Å². The molecule has 2 rings (SSSR count). The first-order chi connectivity index (χ1) is 13.7. The molecule has 0 amide bonds. The van der Waals surface area contributed by atoms with Crippen molar-refractivity contribution in [2.24, 2.45) is 4.99 Å². The third kappa shape index (κ3) is 9.04. The van der Waals surface area contributed by atoms with Gasteiger partial charge in [0.2, 0.25) is 0 Å². The number of hydrogen-bond acceptors (Lipinski definition) is 3. The van der Waals surface area contributed by atoms with Gasteiger partial charge in [-0.2, -0.15) is 0 Å². The van der Waals surface area contributed by atoms with E-state index in [9.17, 15) is 0 Å². The van der Waals surface area contributed by atoms with Crippen molar-refractivity contribution in [1.82, 2.24) is 15.5 Å². The number of methoxy groups -OCH3 is 1. The molecule has 0 atom stereocenters. The first kappa shape index (κ1) is 25.2. The fraction of sp³-hybridized carbons (Fsp3) is 0.435. The Bertz CT molecular complexity index is 713. The van der Waals surface area contributed by atoms with Gasteiger partial charge in [0.1, 0.15) is 5.75 Å². The van der Waals surface area contributed by atoms with E-state index in [0.717, 1.165) is 50.9 Å². The highest BCUT2D eigenvalue weighted by Crippen LogP contribution is 2.11. The molecule has 0 aromatic heterocycles. The minimum atomic E-state index is 0. The maximum absolute atomic E-state index is 5.19. The molecule has 2 aromatic carbocycles. The maximum Gasteiger partial charge on any atom is 0.191 e. The Labute approximate surface area is 193 Å². The summed E-state index contributed by atoms with van der Waals surface area (Å²) >= 11 is 0. The van der Waals surface area contributed by atoms with Crippen molar-refractivity contribution in [2.75, 3.05) is 33.8 Å². The lowest BCUT2D eigenvalue weighted by Crippen LogP contribution is -2.37. The van der Waals surface area contributed by atoms with Crippen molar-refractivity contribution in [3.8, 4) is 5.75 Å². The first-order valence-corrected chi connectivity index (χ1v) is 10.1. The molecule has 0 unspecified atom stereocenters. The molecule has 0 aliphatic carbocycles. The van der Waals surface area contributed by atoms with Crippen LogP contribution in [-0.2, 0) is 19.5 Å². The first-order valence-electron chi connectivity index (χ1n) is 10.1. The average molecular weight is 510 g/mol. The monoisotopic (exact) mass is 510 g/mol. The van der Waals surface area contributed by atoms with Crippen LogP contribution in [0.15, 0.2) is 53.5 Å². The van der Waals surface area contributed by atoms with Gasteiger partial charge in [0.25, 0.3) is 0 Å². The second-order valence-corrected chi connectivity index (χ2v) is 6.73. The van der Waals surface area contributed by atoms with E-state index in [1.807, 2.05) is 12.1 Å². The number of hydrogen-bond donors (Lipinski definition) is 2. The number of nitrogens with one attached hydrogen (secondary N) is 2. The summed E-state index contributed by atoms with van der Waals surface area (Å²) in [5.41, 5.74) is 3.88. The zero-order valence-electron chi connectivity index (χ0n) is 18.1. The Morgan fingerprint density at radius 1 is 0.897 bits per heavy atom. The molecular formula is C23H35IN4O. The molecule has 0 saturated heterocycles. The van der Waals surface area contributed by atoms with Crippen LogP contribution in [0.1, 0.15) is 30.5 Å². The van der Waals surface area contributed by atoms with E-state index in [-0.39, 0.29) is 24.0 Å². The number of ether oxygens (including phenoxy) is 1. The van der Waals surface area contributed by atoms with Crippen molar-refractivity contribution >= 4 is 29.9 Å². The molecular weight excluding hydrogens is 475 g/mol. The summed E-state index contributed by atoms with van der Waals surface area (Å²) in [4.78, 5) is 6.73. The highest BCUT2D eigenvalue weighted by molar-refractivity contribution is 14.0. The van der Waals surface area contributed by atoms with E-state index in [0.29, 0.717) is 0 Å². The molecule has 0 aliphatic rings. The topological polar surface area (TPSA) is 48.9 Å². The number of halogens is 1. The van der Waals surface area contributed by atoms with E-state index in [2.05, 4.69) is 70.8 Å².